The van der Waals surface area contributed by atoms with Crippen molar-refractivity contribution < 1.29 is 4.79 Å². The minimum Gasteiger partial charge on any atom is -0.369 e. The van der Waals surface area contributed by atoms with Crippen LogP contribution in [0, 0.1) is 0 Å². The fraction of sp³-hybridized carbons (Fsp3) is 0.381. The van der Waals surface area contributed by atoms with Crippen molar-refractivity contribution >= 4 is 34.8 Å². The Morgan fingerprint density at radius 2 is 1.70 bits per heavy atom. The summed E-state index contributed by atoms with van der Waals surface area (Å²) < 4.78 is 0. The predicted octanol–water partition coefficient (Wildman–Crippen LogP) is 4.33. The van der Waals surface area contributed by atoms with Crippen LogP contribution in [-0.2, 0) is 0 Å². The number of halogens is 2. The predicted molar refractivity (Wildman–Crippen MR) is 113 cm³/mol. The molecule has 144 valence electrons. The normalized spacial score (nSPS) is 15.0. The highest BCUT2D eigenvalue weighted by Gasteiger charge is 2.16. The second kappa shape index (κ2) is 9.98. The largest absolute Gasteiger partial charge is 0.369 e. The number of nitrogens with one attached hydrogen (secondary N) is 1. The molecule has 0 spiro atoms. The van der Waals surface area contributed by atoms with Crippen molar-refractivity contribution in [2.24, 2.45) is 0 Å². The third-order valence-corrected chi connectivity index (χ3v) is 5.40. The molecule has 0 saturated carbocycles. The molecular weight excluding hydrogens is 381 g/mol. The van der Waals surface area contributed by atoms with Gasteiger partial charge in [0.1, 0.15) is 0 Å². The number of hydrogen-bond donors (Lipinski definition) is 1. The maximum Gasteiger partial charge on any atom is 0.252 e. The van der Waals surface area contributed by atoms with E-state index in [0.717, 1.165) is 45.6 Å². The maximum absolute atomic E-state index is 12.2. The highest BCUT2D eigenvalue weighted by molar-refractivity contribution is 6.36. The van der Waals surface area contributed by atoms with Gasteiger partial charge in [-0.05, 0) is 49.7 Å². The van der Waals surface area contributed by atoms with E-state index in [-0.39, 0.29) is 5.91 Å². The van der Waals surface area contributed by atoms with Crippen molar-refractivity contribution in [3.05, 3.63) is 64.1 Å². The van der Waals surface area contributed by atoms with E-state index in [9.17, 15) is 4.79 Å². The summed E-state index contributed by atoms with van der Waals surface area (Å²) in [5, 5.41) is 3.85. The Morgan fingerprint density at radius 3 is 2.41 bits per heavy atom. The van der Waals surface area contributed by atoms with Gasteiger partial charge < -0.3 is 10.2 Å². The van der Waals surface area contributed by atoms with Crippen molar-refractivity contribution in [3.63, 3.8) is 0 Å². The molecule has 2 aromatic rings. The van der Waals surface area contributed by atoms with Gasteiger partial charge in [0, 0.05) is 43.4 Å². The third kappa shape index (κ3) is 5.86. The van der Waals surface area contributed by atoms with Crippen LogP contribution < -0.4 is 10.2 Å². The summed E-state index contributed by atoms with van der Waals surface area (Å²) in [6, 6.07) is 15.5. The van der Waals surface area contributed by atoms with E-state index >= 15 is 0 Å². The lowest BCUT2D eigenvalue weighted by Crippen LogP contribution is -2.46. The smallest absolute Gasteiger partial charge is 0.252 e. The molecule has 0 bridgehead atoms. The standard InChI is InChI=1S/C21H25Cl2N3O/c22-17-8-9-19(20(23)16-17)21(27)24-10-4-5-11-25-12-14-26(15-13-25)18-6-2-1-3-7-18/h1-3,6-9,16H,4-5,10-15H2,(H,24,27). The average Bonchev–Trinajstić information content (AvgIpc) is 2.69. The van der Waals surface area contributed by atoms with E-state index in [1.807, 2.05) is 0 Å². The second-order valence-electron chi connectivity index (χ2n) is 6.75. The van der Waals surface area contributed by atoms with Gasteiger partial charge in [0.2, 0.25) is 0 Å². The number of nitrogens with zero attached hydrogens (tertiary/aromatic N) is 2. The summed E-state index contributed by atoms with van der Waals surface area (Å²) in [6.45, 7) is 6.02. The van der Waals surface area contributed by atoms with Gasteiger partial charge >= 0.3 is 0 Å². The molecule has 0 atom stereocenters. The lowest BCUT2D eigenvalue weighted by atomic mass is 10.2. The molecule has 1 saturated heterocycles. The third-order valence-electron chi connectivity index (χ3n) is 4.86. The van der Waals surface area contributed by atoms with Crippen LogP contribution in [0.5, 0.6) is 0 Å². The Kier molecular flexibility index (Phi) is 7.39. The minimum absolute atomic E-state index is 0.145. The van der Waals surface area contributed by atoms with E-state index in [1.165, 1.54) is 5.69 Å². The number of rotatable bonds is 7. The molecule has 1 aliphatic heterocycles. The van der Waals surface area contributed by atoms with Crippen molar-refractivity contribution in [1.29, 1.82) is 0 Å². The molecule has 27 heavy (non-hydrogen) atoms. The van der Waals surface area contributed by atoms with E-state index in [4.69, 9.17) is 23.2 Å². The van der Waals surface area contributed by atoms with E-state index in [2.05, 4.69) is 45.4 Å². The Hall–Kier alpha value is -1.75. The Labute approximate surface area is 171 Å². The first-order chi connectivity index (χ1) is 13.1. The number of carbonyl (C=O) groups excluding carboxylic acids is 1. The number of benzene rings is 2. The molecule has 0 aromatic heterocycles. The topological polar surface area (TPSA) is 35.6 Å². The van der Waals surface area contributed by atoms with Crippen molar-refractivity contribution in [2.75, 3.05) is 44.2 Å². The SMILES string of the molecule is O=C(NCCCCN1CCN(c2ccccc2)CC1)c1ccc(Cl)cc1Cl. The Bertz CT molecular complexity index is 746. The summed E-state index contributed by atoms with van der Waals surface area (Å²) in [5.74, 6) is -0.145. The highest BCUT2D eigenvalue weighted by atomic mass is 35.5. The number of unbranched alkanes of at least 4 members (excludes halogenated alkanes) is 1. The van der Waals surface area contributed by atoms with Crippen LogP contribution >= 0.6 is 23.2 Å². The summed E-state index contributed by atoms with van der Waals surface area (Å²) in [7, 11) is 0. The van der Waals surface area contributed by atoms with Gasteiger partial charge in [-0.2, -0.15) is 0 Å². The molecule has 1 heterocycles. The van der Waals surface area contributed by atoms with Crippen LogP contribution in [0.15, 0.2) is 48.5 Å². The molecule has 0 unspecified atom stereocenters. The molecule has 4 nitrogen and oxygen atoms in total. The van der Waals surface area contributed by atoms with Gasteiger partial charge in [0.15, 0.2) is 0 Å². The zero-order chi connectivity index (χ0) is 19.1. The monoisotopic (exact) mass is 405 g/mol. The Morgan fingerprint density at radius 1 is 0.963 bits per heavy atom. The molecule has 1 fully saturated rings. The van der Waals surface area contributed by atoms with Crippen molar-refractivity contribution in [1.82, 2.24) is 10.2 Å². The van der Waals surface area contributed by atoms with Gasteiger partial charge in [-0.3, -0.25) is 9.69 Å². The van der Waals surface area contributed by atoms with Crippen LogP contribution in [0.25, 0.3) is 0 Å². The molecule has 0 radical (unpaired) electrons. The summed E-state index contributed by atoms with van der Waals surface area (Å²) >= 11 is 11.9. The number of para-hydroxylation sites is 1. The maximum atomic E-state index is 12.2. The molecule has 0 aliphatic carbocycles. The second-order valence-corrected chi connectivity index (χ2v) is 7.60. The minimum atomic E-state index is -0.145. The molecule has 1 N–H and O–H groups in total. The number of piperazine rings is 1. The van der Waals surface area contributed by atoms with Gasteiger partial charge in [-0.1, -0.05) is 41.4 Å². The molecule has 1 aliphatic rings. The fourth-order valence-electron chi connectivity index (χ4n) is 3.30. The fourth-order valence-corrected chi connectivity index (χ4v) is 3.79. The number of hydrogen-bond acceptors (Lipinski definition) is 3. The van der Waals surface area contributed by atoms with Crippen LogP contribution in [0.3, 0.4) is 0 Å². The van der Waals surface area contributed by atoms with Crippen LogP contribution in [-0.4, -0.2) is 50.1 Å². The lowest BCUT2D eigenvalue weighted by molar-refractivity contribution is 0.0952. The lowest BCUT2D eigenvalue weighted by Gasteiger charge is -2.36. The molecular formula is C21H25Cl2N3O. The molecule has 1 amide bonds. The molecule has 2 aromatic carbocycles. The number of anilines is 1. The quantitative estimate of drug-likeness (QED) is 0.696. The van der Waals surface area contributed by atoms with Gasteiger partial charge in [0.05, 0.1) is 10.6 Å². The summed E-state index contributed by atoms with van der Waals surface area (Å²) in [6.07, 6.45) is 2.02. The van der Waals surface area contributed by atoms with Crippen LogP contribution in [0.4, 0.5) is 5.69 Å². The zero-order valence-corrected chi connectivity index (χ0v) is 16.8. The zero-order valence-electron chi connectivity index (χ0n) is 15.3. The van der Waals surface area contributed by atoms with Gasteiger partial charge in [-0.15, -0.1) is 0 Å². The molecule has 6 heteroatoms. The van der Waals surface area contributed by atoms with E-state index in [1.54, 1.807) is 18.2 Å². The first-order valence-corrected chi connectivity index (χ1v) is 10.1. The first-order valence-electron chi connectivity index (χ1n) is 9.39. The average molecular weight is 406 g/mol. The van der Waals surface area contributed by atoms with Crippen LogP contribution in [0.2, 0.25) is 10.0 Å². The van der Waals surface area contributed by atoms with E-state index < -0.39 is 0 Å². The molecule has 3 rings (SSSR count). The highest BCUT2D eigenvalue weighted by Crippen LogP contribution is 2.20. The van der Waals surface area contributed by atoms with Crippen molar-refractivity contribution in [2.45, 2.75) is 12.8 Å². The number of amides is 1. The summed E-state index contributed by atoms with van der Waals surface area (Å²) in [4.78, 5) is 17.1. The van der Waals surface area contributed by atoms with Crippen LogP contribution in [0.1, 0.15) is 23.2 Å². The first kappa shape index (κ1) is 20.0. The Balaban J connectivity index is 1.31. The number of carbonyl (C=O) groups is 1. The summed E-state index contributed by atoms with van der Waals surface area (Å²) in [5.41, 5.74) is 1.78. The van der Waals surface area contributed by atoms with Gasteiger partial charge in [0.25, 0.3) is 5.91 Å². The van der Waals surface area contributed by atoms with E-state index in [0.29, 0.717) is 22.2 Å². The van der Waals surface area contributed by atoms with Gasteiger partial charge in [-0.25, -0.2) is 0 Å². The van der Waals surface area contributed by atoms with Crippen molar-refractivity contribution in [3.8, 4) is 0 Å².